The Balaban J connectivity index is 1.71. The van der Waals surface area contributed by atoms with Crippen molar-refractivity contribution in [1.82, 2.24) is 10.5 Å². The maximum atomic E-state index is 5.28. The molecule has 82 valence electrons. The average molecular weight is 214 g/mol. The summed E-state index contributed by atoms with van der Waals surface area (Å²) in [5, 5.41) is 7.47. The van der Waals surface area contributed by atoms with Crippen molar-refractivity contribution in [3.05, 3.63) is 42.2 Å². The molecule has 1 aliphatic carbocycles. The minimum absolute atomic E-state index is 0.699. The first-order valence-electron chi connectivity index (χ1n) is 5.66. The van der Waals surface area contributed by atoms with Crippen LogP contribution in [-0.2, 0) is 6.54 Å². The summed E-state index contributed by atoms with van der Waals surface area (Å²) in [6.07, 6.45) is 2.58. The third-order valence-corrected chi connectivity index (χ3v) is 2.77. The van der Waals surface area contributed by atoms with Gasteiger partial charge in [-0.1, -0.05) is 35.5 Å². The molecule has 3 rings (SSSR count). The largest absolute Gasteiger partial charge is 0.359 e. The minimum atomic E-state index is 0.699. The third kappa shape index (κ3) is 2.14. The zero-order valence-electron chi connectivity index (χ0n) is 9.02. The molecule has 0 saturated heterocycles. The van der Waals surface area contributed by atoms with Crippen LogP contribution in [-0.4, -0.2) is 11.2 Å². The van der Waals surface area contributed by atoms with Crippen LogP contribution in [0.4, 0.5) is 0 Å². The number of aromatic nitrogens is 1. The summed E-state index contributed by atoms with van der Waals surface area (Å²) < 4.78 is 5.28. The molecule has 3 nitrogen and oxygen atoms in total. The Hall–Kier alpha value is -1.61. The van der Waals surface area contributed by atoms with Crippen LogP contribution in [0.3, 0.4) is 0 Å². The highest BCUT2D eigenvalue weighted by atomic mass is 16.5. The van der Waals surface area contributed by atoms with E-state index in [4.69, 9.17) is 4.52 Å². The monoisotopic (exact) mass is 214 g/mol. The zero-order valence-corrected chi connectivity index (χ0v) is 9.02. The molecule has 2 aromatic rings. The lowest BCUT2D eigenvalue weighted by atomic mass is 10.1. The van der Waals surface area contributed by atoms with Crippen molar-refractivity contribution in [1.29, 1.82) is 0 Å². The van der Waals surface area contributed by atoms with E-state index in [1.807, 2.05) is 36.4 Å². The summed E-state index contributed by atoms with van der Waals surface area (Å²) in [5.41, 5.74) is 2.01. The average Bonchev–Trinajstić information content (AvgIpc) is 3.05. The molecule has 0 bridgehead atoms. The maximum absolute atomic E-state index is 5.28. The summed E-state index contributed by atoms with van der Waals surface area (Å²) in [6, 6.07) is 12.8. The Kier molecular flexibility index (Phi) is 2.46. The van der Waals surface area contributed by atoms with Gasteiger partial charge in [0.05, 0.1) is 6.54 Å². The van der Waals surface area contributed by atoms with E-state index in [0.29, 0.717) is 6.04 Å². The van der Waals surface area contributed by atoms with Crippen molar-refractivity contribution >= 4 is 0 Å². The number of benzene rings is 1. The molecule has 0 unspecified atom stereocenters. The van der Waals surface area contributed by atoms with Crippen molar-refractivity contribution in [3.8, 4) is 11.3 Å². The molecule has 1 aliphatic rings. The summed E-state index contributed by atoms with van der Waals surface area (Å²) in [7, 11) is 0. The van der Waals surface area contributed by atoms with Crippen LogP contribution in [0.1, 0.15) is 18.6 Å². The first kappa shape index (κ1) is 9.60. The molecule has 1 aromatic heterocycles. The van der Waals surface area contributed by atoms with E-state index >= 15 is 0 Å². The molecule has 0 amide bonds. The molecule has 0 aliphatic heterocycles. The number of nitrogens with one attached hydrogen (secondary N) is 1. The van der Waals surface area contributed by atoms with Crippen LogP contribution in [0.2, 0.25) is 0 Å². The first-order chi connectivity index (χ1) is 7.92. The molecule has 1 aromatic carbocycles. The first-order valence-corrected chi connectivity index (χ1v) is 5.66. The van der Waals surface area contributed by atoms with Crippen LogP contribution < -0.4 is 5.32 Å². The number of hydrogen-bond donors (Lipinski definition) is 1. The van der Waals surface area contributed by atoms with Gasteiger partial charge in [-0.3, -0.25) is 0 Å². The maximum Gasteiger partial charge on any atom is 0.151 e. The molecule has 1 saturated carbocycles. The molecule has 16 heavy (non-hydrogen) atoms. The Bertz CT molecular complexity index is 460. The van der Waals surface area contributed by atoms with Crippen LogP contribution in [0, 0.1) is 0 Å². The van der Waals surface area contributed by atoms with Gasteiger partial charge >= 0.3 is 0 Å². The van der Waals surface area contributed by atoms with Crippen molar-refractivity contribution in [2.45, 2.75) is 25.4 Å². The third-order valence-electron chi connectivity index (χ3n) is 2.77. The van der Waals surface area contributed by atoms with Crippen LogP contribution in [0.5, 0.6) is 0 Å². The van der Waals surface area contributed by atoms with Gasteiger partial charge in [0.1, 0.15) is 5.69 Å². The van der Waals surface area contributed by atoms with Gasteiger partial charge in [-0.25, -0.2) is 0 Å². The van der Waals surface area contributed by atoms with E-state index in [2.05, 4.69) is 10.5 Å². The lowest BCUT2D eigenvalue weighted by molar-refractivity contribution is 0.374. The van der Waals surface area contributed by atoms with Gasteiger partial charge in [0, 0.05) is 17.7 Å². The Morgan fingerprint density at radius 2 is 2.06 bits per heavy atom. The van der Waals surface area contributed by atoms with E-state index in [-0.39, 0.29) is 0 Å². The van der Waals surface area contributed by atoms with Gasteiger partial charge < -0.3 is 9.84 Å². The molecule has 1 heterocycles. The van der Waals surface area contributed by atoms with Crippen LogP contribution in [0.25, 0.3) is 11.3 Å². The Labute approximate surface area is 94.5 Å². The normalized spacial score (nSPS) is 15.2. The number of rotatable bonds is 4. The van der Waals surface area contributed by atoms with Crippen molar-refractivity contribution in [2.24, 2.45) is 0 Å². The SMILES string of the molecule is c1ccc(-c2cc(CNC3CC3)on2)cc1. The Morgan fingerprint density at radius 3 is 2.81 bits per heavy atom. The van der Waals surface area contributed by atoms with E-state index in [9.17, 15) is 0 Å². The molecule has 0 atom stereocenters. The van der Waals surface area contributed by atoms with E-state index in [0.717, 1.165) is 23.6 Å². The van der Waals surface area contributed by atoms with E-state index in [1.165, 1.54) is 12.8 Å². The number of nitrogens with zero attached hydrogens (tertiary/aromatic N) is 1. The fourth-order valence-corrected chi connectivity index (χ4v) is 1.67. The van der Waals surface area contributed by atoms with Gasteiger partial charge in [0.25, 0.3) is 0 Å². The second-order valence-electron chi connectivity index (χ2n) is 4.20. The molecular weight excluding hydrogens is 200 g/mol. The molecule has 0 spiro atoms. The molecular formula is C13H14N2O. The second kappa shape index (κ2) is 4.10. The van der Waals surface area contributed by atoms with Gasteiger partial charge in [0.15, 0.2) is 5.76 Å². The zero-order chi connectivity index (χ0) is 10.8. The molecule has 3 heteroatoms. The minimum Gasteiger partial charge on any atom is -0.359 e. The van der Waals surface area contributed by atoms with Crippen molar-refractivity contribution in [2.75, 3.05) is 0 Å². The fraction of sp³-hybridized carbons (Fsp3) is 0.308. The van der Waals surface area contributed by atoms with Crippen molar-refractivity contribution in [3.63, 3.8) is 0 Å². The predicted octanol–water partition coefficient (Wildman–Crippen LogP) is 2.59. The van der Waals surface area contributed by atoms with Gasteiger partial charge in [-0.2, -0.15) is 0 Å². The molecule has 0 radical (unpaired) electrons. The van der Waals surface area contributed by atoms with E-state index in [1.54, 1.807) is 0 Å². The summed E-state index contributed by atoms with van der Waals surface area (Å²) in [5.74, 6) is 0.908. The van der Waals surface area contributed by atoms with E-state index < -0.39 is 0 Å². The molecule has 1 N–H and O–H groups in total. The lowest BCUT2D eigenvalue weighted by Gasteiger charge is -1.95. The standard InChI is InChI=1S/C13H14N2O/c1-2-4-10(5-3-1)13-8-12(16-15-13)9-14-11-6-7-11/h1-5,8,11,14H,6-7,9H2. The van der Waals surface area contributed by atoms with Gasteiger partial charge in [-0.15, -0.1) is 0 Å². The predicted molar refractivity (Wildman–Crippen MR) is 61.8 cm³/mol. The lowest BCUT2D eigenvalue weighted by Crippen LogP contribution is -2.14. The topological polar surface area (TPSA) is 38.1 Å². The smallest absolute Gasteiger partial charge is 0.151 e. The summed E-state index contributed by atoms with van der Waals surface area (Å²) in [6.45, 7) is 0.782. The van der Waals surface area contributed by atoms with Gasteiger partial charge in [-0.05, 0) is 12.8 Å². The Morgan fingerprint density at radius 1 is 1.25 bits per heavy atom. The summed E-state index contributed by atoms with van der Waals surface area (Å²) >= 11 is 0. The highest BCUT2D eigenvalue weighted by Crippen LogP contribution is 2.21. The summed E-state index contributed by atoms with van der Waals surface area (Å²) in [4.78, 5) is 0. The number of hydrogen-bond acceptors (Lipinski definition) is 3. The fourth-order valence-electron chi connectivity index (χ4n) is 1.67. The van der Waals surface area contributed by atoms with Crippen LogP contribution >= 0.6 is 0 Å². The second-order valence-corrected chi connectivity index (χ2v) is 4.20. The highest BCUT2D eigenvalue weighted by molar-refractivity contribution is 5.58. The van der Waals surface area contributed by atoms with Crippen molar-refractivity contribution < 1.29 is 4.52 Å². The quantitative estimate of drug-likeness (QED) is 0.850. The van der Waals surface area contributed by atoms with Crippen LogP contribution in [0.15, 0.2) is 40.9 Å². The molecule has 1 fully saturated rings. The van der Waals surface area contributed by atoms with Gasteiger partial charge in [0.2, 0.25) is 0 Å². The highest BCUT2D eigenvalue weighted by Gasteiger charge is 2.20.